The first-order valence-corrected chi connectivity index (χ1v) is 8.70. The topological polar surface area (TPSA) is 71.0 Å². The summed E-state index contributed by atoms with van der Waals surface area (Å²) >= 11 is 1.29. The molecule has 3 heterocycles. The van der Waals surface area contributed by atoms with E-state index in [2.05, 4.69) is 39.2 Å². The second kappa shape index (κ2) is 6.62. The van der Waals surface area contributed by atoms with Gasteiger partial charge in [0.1, 0.15) is 11.3 Å². The molecule has 7 heteroatoms. The minimum absolute atomic E-state index is 0.210. The molecular weight excluding hydrogens is 310 g/mol. The number of carbonyl (C=O) groups excluding carboxylic acids is 1. The molecule has 0 aromatic carbocycles. The van der Waals surface area contributed by atoms with Crippen molar-refractivity contribution in [1.29, 1.82) is 0 Å². The number of nitrogens with zero attached hydrogens (tertiary/aromatic N) is 4. The van der Waals surface area contributed by atoms with Crippen molar-refractivity contribution in [3.8, 4) is 0 Å². The molecular formula is C16H21N5OS. The third-order valence-corrected chi connectivity index (χ3v) is 4.86. The summed E-state index contributed by atoms with van der Waals surface area (Å²) < 4.78 is 0. The van der Waals surface area contributed by atoms with Crippen LogP contribution in [-0.2, 0) is 0 Å². The van der Waals surface area contributed by atoms with Crippen LogP contribution in [0.25, 0.3) is 0 Å². The predicted molar refractivity (Wildman–Crippen MR) is 91.9 cm³/mol. The Kier molecular flexibility index (Phi) is 4.56. The first-order chi connectivity index (χ1) is 11.0. The van der Waals surface area contributed by atoms with Gasteiger partial charge in [0.2, 0.25) is 5.13 Å². The van der Waals surface area contributed by atoms with Crippen LogP contribution in [0.5, 0.6) is 0 Å². The molecule has 1 N–H and O–H groups in total. The smallest absolute Gasteiger partial charge is 0.259 e. The van der Waals surface area contributed by atoms with Gasteiger partial charge >= 0.3 is 0 Å². The number of carbonyl (C=O) groups is 1. The third kappa shape index (κ3) is 4.04. The number of rotatable bonds is 3. The molecule has 1 aliphatic rings. The standard InChI is InChI=1S/C16H21N5OS/c1-16(2)6-3-8-21(9-7-16)13-5-4-12(10-17-13)14(22)19-15-20-18-11-23-15/h4-5,10-11H,3,6-9H2,1-2H3,(H,19,20,22). The molecule has 0 bridgehead atoms. The lowest BCUT2D eigenvalue weighted by molar-refractivity contribution is 0.102. The molecule has 0 radical (unpaired) electrons. The van der Waals surface area contributed by atoms with Crippen LogP contribution >= 0.6 is 11.3 Å². The van der Waals surface area contributed by atoms with E-state index in [1.165, 1.54) is 24.2 Å². The van der Waals surface area contributed by atoms with E-state index in [4.69, 9.17) is 0 Å². The van der Waals surface area contributed by atoms with Crippen molar-refractivity contribution in [1.82, 2.24) is 15.2 Å². The number of anilines is 2. The minimum atomic E-state index is -0.210. The Morgan fingerprint density at radius 3 is 2.87 bits per heavy atom. The second-order valence-corrected chi connectivity index (χ2v) is 7.44. The third-order valence-electron chi connectivity index (χ3n) is 4.25. The Labute approximate surface area is 140 Å². The summed E-state index contributed by atoms with van der Waals surface area (Å²) in [4.78, 5) is 18.9. The van der Waals surface area contributed by atoms with Gasteiger partial charge < -0.3 is 4.90 Å². The van der Waals surface area contributed by atoms with E-state index in [-0.39, 0.29) is 5.91 Å². The average molecular weight is 331 g/mol. The zero-order valence-corrected chi connectivity index (χ0v) is 14.3. The summed E-state index contributed by atoms with van der Waals surface area (Å²) in [7, 11) is 0. The molecule has 2 aromatic rings. The Hall–Kier alpha value is -2.02. The Morgan fingerprint density at radius 2 is 2.17 bits per heavy atom. The van der Waals surface area contributed by atoms with Crippen molar-refractivity contribution >= 4 is 28.2 Å². The monoisotopic (exact) mass is 331 g/mol. The van der Waals surface area contributed by atoms with Crippen LogP contribution in [0, 0.1) is 5.41 Å². The molecule has 2 aromatic heterocycles. The van der Waals surface area contributed by atoms with Crippen LogP contribution in [-0.4, -0.2) is 34.2 Å². The Balaban J connectivity index is 1.66. The molecule has 1 fully saturated rings. The van der Waals surface area contributed by atoms with Gasteiger partial charge in [0.15, 0.2) is 0 Å². The summed E-state index contributed by atoms with van der Waals surface area (Å²) in [5, 5.41) is 10.7. The highest BCUT2D eigenvalue weighted by Gasteiger charge is 2.23. The molecule has 1 amide bonds. The molecule has 0 aliphatic carbocycles. The van der Waals surface area contributed by atoms with E-state index in [0.717, 1.165) is 25.3 Å². The van der Waals surface area contributed by atoms with E-state index < -0.39 is 0 Å². The van der Waals surface area contributed by atoms with E-state index in [9.17, 15) is 4.79 Å². The largest absolute Gasteiger partial charge is 0.357 e. The average Bonchev–Trinajstić information content (AvgIpc) is 2.96. The van der Waals surface area contributed by atoms with Gasteiger partial charge in [-0.05, 0) is 36.8 Å². The van der Waals surface area contributed by atoms with Crippen LogP contribution in [0.3, 0.4) is 0 Å². The summed E-state index contributed by atoms with van der Waals surface area (Å²) in [6, 6.07) is 3.74. The van der Waals surface area contributed by atoms with E-state index in [1.807, 2.05) is 12.1 Å². The van der Waals surface area contributed by atoms with Gasteiger partial charge in [-0.25, -0.2) is 4.98 Å². The number of hydrogen-bond acceptors (Lipinski definition) is 6. The number of nitrogens with one attached hydrogen (secondary N) is 1. The van der Waals surface area contributed by atoms with Gasteiger partial charge in [0, 0.05) is 19.3 Å². The molecule has 0 spiro atoms. The molecule has 6 nitrogen and oxygen atoms in total. The number of pyridine rings is 1. The quantitative estimate of drug-likeness (QED) is 0.935. The first kappa shape index (κ1) is 15.9. The van der Waals surface area contributed by atoms with Gasteiger partial charge in [-0.3, -0.25) is 10.1 Å². The number of amides is 1. The molecule has 122 valence electrons. The molecule has 3 rings (SSSR count). The van der Waals surface area contributed by atoms with Gasteiger partial charge in [0.05, 0.1) is 5.56 Å². The highest BCUT2D eigenvalue weighted by molar-refractivity contribution is 7.13. The normalized spacial score (nSPS) is 17.6. The Morgan fingerprint density at radius 1 is 1.30 bits per heavy atom. The van der Waals surface area contributed by atoms with Gasteiger partial charge in [-0.15, -0.1) is 10.2 Å². The zero-order chi connectivity index (χ0) is 16.3. The fourth-order valence-corrected chi connectivity index (χ4v) is 3.20. The minimum Gasteiger partial charge on any atom is -0.357 e. The second-order valence-electron chi connectivity index (χ2n) is 6.61. The van der Waals surface area contributed by atoms with Crippen molar-refractivity contribution in [2.24, 2.45) is 5.41 Å². The van der Waals surface area contributed by atoms with Crippen LogP contribution in [0.4, 0.5) is 10.9 Å². The SMILES string of the molecule is CC1(C)CCCN(c2ccc(C(=O)Nc3nncs3)cn2)CC1. The summed E-state index contributed by atoms with van der Waals surface area (Å²) in [6.45, 7) is 6.68. The lowest BCUT2D eigenvalue weighted by Crippen LogP contribution is -2.26. The van der Waals surface area contributed by atoms with Crippen molar-refractivity contribution in [2.45, 2.75) is 33.1 Å². The zero-order valence-electron chi connectivity index (χ0n) is 13.5. The van der Waals surface area contributed by atoms with Gasteiger partial charge in [-0.1, -0.05) is 25.2 Å². The van der Waals surface area contributed by atoms with E-state index in [1.54, 1.807) is 11.7 Å². The van der Waals surface area contributed by atoms with Crippen molar-refractivity contribution in [3.63, 3.8) is 0 Å². The highest BCUT2D eigenvalue weighted by Crippen LogP contribution is 2.31. The van der Waals surface area contributed by atoms with Crippen molar-refractivity contribution < 1.29 is 4.79 Å². The lowest BCUT2D eigenvalue weighted by Gasteiger charge is -2.24. The molecule has 0 atom stereocenters. The van der Waals surface area contributed by atoms with Crippen LogP contribution in [0.1, 0.15) is 43.5 Å². The maximum Gasteiger partial charge on any atom is 0.259 e. The van der Waals surface area contributed by atoms with Crippen molar-refractivity contribution in [3.05, 3.63) is 29.4 Å². The molecule has 1 saturated heterocycles. The lowest BCUT2D eigenvalue weighted by atomic mass is 9.85. The predicted octanol–water partition coefficient (Wildman–Crippen LogP) is 3.20. The molecule has 23 heavy (non-hydrogen) atoms. The van der Waals surface area contributed by atoms with Gasteiger partial charge in [-0.2, -0.15) is 0 Å². The Bertz CT molecular complexity index is 654. The number of hydrogen-bond donors (Lipinski definition) is 1. The molecule has 0 unspecified atom stereocenters. The van der Waals surface area contributed by atoms with E-state index >= 15 is 0 Å². The number of aromatic nitrogens is 3. The first-order valence-electron chi connectivity index (χ1n) is 7.82. The fourth-order valence-electron chi connectivity index (χ4n) is 2.76. The highest BCUT2D eigenvalue weighted by atomic mass is 32.1. The fraction of sp³-hybridized carbons (Fsp3) is 0.500. The summed E-state index contributed by atoms with van der Waals surface area (Å²) in [5.41, 5.74) is 2.51. The van der Waals surface area contributed by atoms with Crippen LogP contribution in [0.15, 0.2) is 23.8 Å². The summed E-state index contributed by atoms with van der Waals surface area (Å²) in [6.07, 6.45) is 5.20. The van der Waals surface area contributed by atoms with Gasteiger partial charge in [0.25, 0.3) is 5.91 Å². The summed E-state index contributed by atoms with van der Waals surface area (Å²) in [5.74, 6) is 0.730. The molecule has 1 aliphatic heterocycles. The van der Waals surface area contributed by atoms with Crippen LogP contribution in [0.2, 0.25) is 0 Å². The maximum atomic E-state index is 12.1. The van der Waals surface area contributed by atoms with Crippen molar-refractivity contribution in [2.75, 3.05) is 23.3 Å². The molecule has 0 saturated carbocycles. The van der Waals surface area contributed by atoms with Crippen LogP contribution < -0.4 is 10.2 Å². The van der Waals surface area contributed by atoms with E-state index in [0.29, 0.717) is 16.1 Å². The maximum absolute atomic E-state index is 12.1.